The molecular formula is C16H31N3O4. The predicted octanol–water partition coefficient (Wildman–Crippen LogP) is 1.57. The van der Waals surface area contributed by atoms with E-state index in [1.807, 2.05) is 13.8 Å². The highest BCUT2D eigenvalue weighted by molar-refractivity contribution is 5.85. The van der Waals surface area contributed by atoms with Gasteiger partial charge in [0.25, 0.3) is 0 Å². The molecule has 0 spiro atoms. The first kappa shape index (κ1) is 21.2. The Labute approximate surface area is 138 Å². The molecule has 2 unspecified atom stereocenters. The second kappa shape index (κ2) is 10.1. The van der Waals surface area contributed by atoms with E-state index < -0.39 is 17.7 Å². The molecule has 0 heterocycles. The van der Waals surface area contributed by atoms with E-state index in [4.69, 9.17) is 4.74 Å². The first-order valence-electron chi connectivity index (χ1n) is 8.08. The van der Waals surface area contributed by atoms with Gasteiger partial charge in [0.2, 0.25) is 11.8 Å². The number of ether oxygens (including phenoxy) is 1. The average molecular weight is 329 g/mol. The van der Waals surface area contributed by atoms with Crippen molar-refractivity contribution >= 4 is 17.9 Å². The highest BCUT2D eigenvalue weighted by atomic mass is 16.6. The lowest BCUT2D eigenvalue weighted by Gasteiger charge is -2.26. The molecule has 0 aromatic heterocycles. The van der Waals surface area contributed by atoms with Crippen LogP contribution in [0.25, 0.3) is 0 Å². The fourth-order valence-corrected chi connectivity index (χ4v) is 1.81. The van der Waals surface area contributed by atoms with Crippen molar-refractivity contribution in [2.45, 2.75) is 66.0 Å². The van der Waals surface area contributed by atoms with Crippen molar-refractivity contribution in [3.8, 4) is 0 Å². The molecular weight excluding hydrogens is 298 g/mol. The molecule has 2 atom stereocenters. The second-order valence-electron chi connectivity index (χ2n) is 6.64. The number of amides is 3. The van der Waals surface area contributed by atoms with Gasteiger partial charge in [0.1, 0.15) is 11.6 Å². The van der Waals surface area contributed by atoms with E-state index in [1.165, 1.54) is 6.92 Å². The molecule has 0 rings (SSSR count). The van der Waals surface area contributed by atoms with Gasteiger partial charge in [-0.25, -0.2) is 4.79 Å². The minimum atomic E-state index is -0.643. The number of hydrogen-bond donors (Lipinski definition) is 3. The van der Waals surface area contributed by atoms with Crippen LogP contribution in [-0.4, -0.2) is 42.6 Å². The molecule has 134 valence electrons. The smallest absolute Gasteiger partial charge is 0.408 e. The first-order valence-corrected chi connectivity index (χ1v) is 8.08. The molecule has 0 aliphatic carbocycles. The summed E-state index contributed by atoms with van der Waals surface area (Å²) in [6, 6.07) is -0.643. The fraction of sp³-hybridized carbons (Fsp3) is 0.812. The van der Waals surface area contributed by atoms with Gasteiger partial charge < -0.3 is 20.7 Å². The van der Waals surface area contributed by atoms with Gasteiger partial charge in [-0.15, -0.1) is 0 Å². The van der Waals surface area contributed by atoms with E-state index in [1.54, 1.807) is 20.8 Å². The van der Waals surface area contributed by atoms with Crippen LogP contribution in [0.1, 0.15) is 54.4 Å². The average Bonchev–Trinajstić information content (AvgIpc) is 2.41. The number of hydrogen-bond acceptors (Lipinski definition) is 4. The van der Waals surface area contributed by atoms with Crippen molar-refractivity contribution in [2.24, 2.45) is 5.92 Å². The van der Waals surface area contributed by atoms with Gasteiger partial charge in [-0.1, -0.05) is 20.3 Å². The monoisotopic (exact) mass is 329 g/mol. The first-order chi connectivity index (χ1) is 10.6. The summed E-state index contributed by atoms with van der Waals surface area (Å²) in [7, 11) is 0. The summed E-state index contributed by atoms with van der Waals surface area (Å²) in [4.78, 5) is 34.9. The molecule has 0 aromatic rings. The number of nitrogens with one attached hydrogen (secondary N) is 3. The number of carbonyl (C=O) groups excluding carboxylic acids is 3. The summed E-state index contributed by atoms with van der Waals surface area (Å²) < 4.78 is 5.20. The van der Waals surface area contributed by atoms with Crippen molar-refractivity contribution in [2.75, 3.05) is 13.1 Å². The molecule has 0 saturated heterocycles. The molecule has 0 fully saturated rings. The maximum atomic E-state index is 12.3. The molecule has 0 aliphatic rings. The van der Waals surface area contributed by atoms with Crippen LogP contribution in [0.15, 0.2) is 0 Å². The number of alkyl carbamates (subject to hydrolysis) is 1. The van der Waals surface area contributed by atoms with Crippen molar-refractivity contribution in [1.29, 1.82) is 0 Å². The maximum absolute atomic E-state index is 12.3. The minimum Gasteiger partial charge on any atom is -0.444 e. The second-order valence-corrected chi connectivity index (χ2v) is 6.64. The Bertz CT molecular complexity index is 405. The Morgan fingerprint density at radius 1 is 1.09 bits per heavy atom. The SMILES string of the molecule is CCC(C)C(NC(=O)OC(C)(C)C)C(=O)NCCCNC(C)=O. The standard InChI is InChI=1S/C16H31N3O4/c1-7-11(2)13(19-15(22)23-16(4,5)6)14(21)18-10-8-9-17-12(3)20/h11,13H,7-10H2,1-6H3,(H,17,20)(H,18,21)(H,19,22). The topological polar surface area (TPSA) is 96.5 Å². The summed E-state index contributed by atoms with van der Waals surface area (Å²) in [6.07, 6.45) is 0.779. The molecule has 0 radical (unpaired) electrons. The van der Waals surface area contributed by atoms with Crippen LogP contribution in [0, 0.1) is 5.92 Å². The molecule has 0 aromatic carbocycles. The van der Waals surface area contributed by atoms with Crippen LogP contribution in [0.3, 0.4) is 0 Å². The lowest BCUT2D eigenvalue weighted by atomic mass is 9.98. The summed E-state index contributed by atoms with van der Waals surface area (Å²) in [5.41, 5.74) is -0.612. The molecule has 23 heavy (non-hydrogen) atoms. The highest BCUT2D eigenvalue weighted by Crippen LogP contribution is 2.11. The zero-order valence-electron chi connectivity index (χ0n) is 15.1. The van der Waals surface area contributed by atoms with Crippen LogP contribution >= 0.6 is 0 Å². The molecule has 7 heteroatoms. The highest BCUT2D eigenvalue weighted by Gasteiger charge is 2.27. The van der Waals surface area contributed by atoms with E-state index in [2.05, 4.69) is 16.0 Å². The lowest BCUT2D eigenvalue weighted by molar-refractivity contribution is -0.124. The zero-order valence-corrected chi connectivity index (χ0v) is 15.1. The predicted molar refractivity (Wildman–Crippen MR) is 88.9 cm³/mol. The third kappa shape index (κ3) is 10.5. The summed E-state index contributed by atoms with van der Waals surface area (Å²) in [5, 5.41) is 8.08. The summed E-state index contributed by atoms with van der Waals surface area (Å²) in [6.45, 7) is 11.6. The van der Waals surface area contributed by atoms with Crippen molar-refractivity contribution < 1.29 is 19.1 Å². The summed E-state index contributed by atoms with van der Waals surface area (Å²) >= 11 is 0. The maximum Gasteiger partial charge on any atom is 0.408 e. The molecule has 3 amide bonds. The van der Waals surface area contributed by atoms with Gasteiger partial charge >= 0.3 is 6.09 Å². The molecule has 3 N–H and O–H groups in total. The lowest BCUT2D eigenvalue weighted by Crippen LogP contribution is -2.51. The van der Waals surface area contributed by atoms with Gasteiger partial charge in [0.15, 0.2) is 0 Å². The van der Waals surface area contributed by atoms with Crippen LogP contribution < -0.4 is 16.0 Å². The van der Waals surface area contributed by atoms with Gasteiger partial charge in [0.05, 0.1) is 0 Å². The largest absolute Gasteiger partial charge is 0.444 e. The van der Waals surface area contributed by atoms with Crippen LogP contribution in [0.2, 0.25) is 0 Å². The van der Waals surface area contributed by atoms with Crippen LogP contribution in [0.4, 0.5) is 4.79 Å². The van der Waals surface area contributed by atoms with Gasteiger partial charge in [-0.05, 0) is 33.1 Å². The van der Waals surface area contributed by atoms with Gasteiger partial charge in [-0.3, -0.25) is 9.59 Å². The van der Waals surface area contributed by atoms with E-state index in [0.29, 0.717) is 19.5 Å². The van der Waals surface area contributed by atoms with Crippen molar-refractivity contribution in [3.63, 3.8) is 0 Å². The van der Waals surface area contributed by atoms with Crippen LogP contribution in [-0.2, 0) is 14.3 Å². The fourth-order valence-electron chi connectivity index (χ4n) is 1.81. The summed E-state index contributed by atoms with van der Waals surface area (Å²) in [5.74, 6) is -0.355. The molecule has 0 saturated carbocycles. The Hall–Kier alpha value is -1.79. The number of rotatable bonds is 8. The third-order valence-electron chi connectivity index (χ3n) is 3.19. The van der Waals surface area contributed by atoms with Gasteiger partial charge in [0, 0.05) is 20.0 Å². The number of carbonyl (C=O) groups is 3. The Morgan fingerprint density at radius 2 is 1.65 bits per heavy atom. The Morgan fingerprint density at radius 3 is 2.13 bits per heavy atom. The normalized spacial score (nSPS) is 13.7. The van der Waals surface area contributed by atoms with E-state index in [-0.39, 0.29) is 17.7 Å². The van der Waals surface area contributed by atoms with Crippen molar-refractivity contribution in [1.82, 2.24) is 16.0 Å². The quantitative estimate of drug-likeness (QED) is 0.589. The van der Waals surface area contributed by atoms with E-state index in [0.717, 1.165) is 6.42 Å². The van der Waals surface area contributed by atoms with Crippen molar-refractivity contribution in [3.05, 3.63) is 0 Å². The third-order valence-corrected chi connectivity index (χ3v) is 3.19. The molecule has 0 bridgehead atoms. The van der Waals surface area contributed by atoms with E-state index >= 15 is 0 Å². The Kier molecular flexibility index (Phi) is 9.29. The van der Waals surface area contributed by atoms with E-state index in [9.17, 15) is 14.4 Å². The molecule has 7 nitrogen and oxygen atoms in total. The molecule has 0 aliphatic heterocycles. The van der Waals surface area contributed by atoms with Gasteiger partial charge in [-0.2, -0.15) is 0 Å². The zero-order chi connectivity index (χ0) is 18.0. The minimum absolute atomic E-state index is 0.0159. The van der Waals surface area contributed by atoms with Crippen LogP contribution in [0.5, 0.6) is 0 Å². The Balaban J connectivity index is 4.44.